The maximum Gasteiger partial charge on any atom is 0.227 e. The Labute approximate surface area is 199 Å². The van der Waals surface area contributed by atoms with E-state index in [-0.39, 0.29) is 11.8 Å². The van der Waals surface area contributed by atoms with Crippen LogP contribution in [0.15, 0.2) is 65.0 Å². The minimum atomic E-state index is -0.352. The molecule has 3 aromatic rings. The summed E-state index contributed by atoms with van der Waals surface area (Å²) < 4.78 is 7.91. The summed E-state index contributed by atoms with van der Waals surface area (Å²) in [6.07, 6.45) is 2.24. The number of carbonyl (C=O) groups is 1. The molecule has 172 valence electrons. The van der Waals surface area contributed by atoms with Gasteiger partial charge in [-0.25, -0.2) is 4.68 Å². The Balaban J connectivity index is 1.63. The van der Waals surface area contributed by atoms with Crippen LogP contribution in [0.1, 0.15) is 56.3 Å². The number of ether oxygens (including phenoxy) is 1. The van der Waals surface area contributed by atoms with Gasteiger partial charge in [0.2, 0.25) is 11.1 Å². The first kappa shape index (κ1) is 23.1. The van der Waals surface area contributed by atoms with E-state index < -0.39 is 0 Å². The van der Waals surface area contributed by atoms with Crippen LogP contribution in [-0.2, 0) is 11.4 Å². The third kappa shape index (κ3) is 5.30. The van der Waals surface area contributed by atoms with Gasteiger partial charge in [-0.1, -0.05) is 67.1 Å². The minimum absolute atomic E-state index is 0.0114. The van der Waals surface area contributed by atoms with Gasteiger partial charge in [0, 0.05) is 17.0 Å². The Bertz CT molecular complexity index is 1170. The molecular formula is C26H30N4O2S. The molecule has 0 bridgehead atoms. The monoisotopic (exact) mass is 462 g/mol. The fourth-order valence-corrected chi connectivity index (χ4v) is 4.80. The van der Waals surface area contributed by atoms with Gasteiger partial charge in [0.15, 0.2) is 5.78 Å². The predicted molar refractivity (Wildman–Crippen MR) is 133 cm³/mol. The number of rotatable bonds is 9. The second-order valence-electron chi connectivity index (χ2n) is 8.33. The molecule has 1 aliphatic rings. The molecule has 1 atom stereocenters. The van der Waals surface area contributed by atoms with Gasteiger partial charge in [-0.3, -0.25) is 4.79 Å². The average molecular weight is 463 g/mol. The van der Waals surface area contributed by atoms with E-state index in [2.05, 4.69) is 48.4 Å². The smallest absolute Gasteiger partial charge is 0.227 e. The molecule has 7 heteroatoms. The summed E-state index contributed by atoms with van der Waals surface area (Å²) in [5.74, 6) is 2.40. The van der Waals surface area contributed by atoms with Crippen LogP contribution in [0.5, 0.6) is 5.75 Å². The molecule has 2 aromatic carbocycles. The number of nitrogens with zero attached hydrogens (tertiary/aromatic N) is 3. The number of anilines is 1. The molecule has 0 fully saturated rings. The van der Waals surface area contributed by atoms with Crippen molar-refractivity contribution in [3.05, 3.63) is 76.5 Å². The fraction of sp³-hybridized carbons (Fsp3) is 0.346. The van der Waals surface area contributed by atoms with E-state index in [1.54, 1.807) is 18.7 Å². The molecule has 1 aliphatic heterocycles. The first-order valence-corrected chi connectivity index (χ1v) is 12.3. The van der Waals surface area contributed by atoms with Crippen LogP contribution in [0.2, 0.25) is 0 Å². The van der Waals surface area contributed by atoms with Crippen LogP contribution in [0, 0.1) is 6.92 Å². The molecule has 1 aromatic heterocycles. The van der Waals surface area contributed by atoms with Crippen molar-refractivity contribution in [3.8, 4) is 5.75 Å². The third-order valence-electron chi connectivity index (χ3n) is 5.64. The van der Waals surface area contributed by atoms with Crippen molar-refractivity contribution >= 4 is 23.5 Å². The van der Waals surface area contributed by atoms with Crippen molar-refractivity contribution in [1.82, 2.24) is 14.8 Å². The van der Waals surface area contributed by atoms with Gasteiger partial charge < -0.3 is 10.1 Å². The van der Waals surface area contributed by atoms with Crippen LogP contribution < -0.4 is 10.1 Å². The summed E-state index contributed by atoms with van der Waals surface area (Å²) in [5, 5.41) is 8.75. The zero-order valence-corrected chi connectivity index (χ0v) is 20.4. The van der Waals surface area contributed by atoms with E-state index >= 15 is 0 Å². The van der Waals surface area contributed by atoms with E-state index in [1.165, 1.54) is 5.56 Å². The normalized spacial score (nSPS) is 15.2. The molecule has 1 unspecified atom stereocenters. The van der Waals surface area contributed by atoms with Crippen molar-refractivity contribution in [2.45, 2.75) is 58.3 Å². The molecule has 0 saturated carbocycles. The summed E-state index contributed by atoms with van der Waals surface area (Å²) in [7, 11) is 0. The number of benzene rings is 2. The summed E-state index contributed by atoms with van der Waals surface area (Å²) in [6.45, 7) is 8.25. The maximum atomic E-state index is 12.6. The lowest BCUT2D eigenvalue weighted by molar-refractivity contribution is -0.114. The second kappa shape index (κ2) is 10.3. The van der Waals surface area contributed by atoms with Crippen molar-refractivity contribution in [2.75, 3.05) is 11.1 Å². The zero-order chi connectivity index (χ0) is 23.4. The highest BCUT2D eigenvalue weighted by Crippen LogP contribution is 2.37. The van der Waals surface area contributed by atoms with Gasteiger partial charge in [0.25, 0.3) is 0 Å². The molecule has 0 radical (unpaired) electrons. The van der Waals surface area contributed by atoms with Crippen LogP contribution >= 0.6 is 11.8 Å². The lowest BCUT2D eigenvalue weighted by Crippen LogP contribution is -2.27. The van der Waals surface area contributed by atoms with E-state index in [1.807, 2.05) is 35.9 Å². The number of nitrogens with one attached hydrogen (secondary N) is 1. The summed E-state index contributed by atoms with van der Waals surface area (Å²) >= 11 is 1.65. The van der Waals surface area contributed by atoms with Crippen LogP contribution in [0.4, 0.5) is 5.95 Å². The Morgan fingerprint density at radius 2 is 1.97 bits per heavy atom. The molecule has 0 amide bonds. The van der Waals surface area contributed by atoms with E-state index in [9.17, 15) is 4.79 Å². The molecule has 1 N–H and O–H groups in total. The Morgan fingerprint density at radius 3 is 2.70 bits per heavy atom. The number of Topliss-reactive ketones (excluding diaryl/α,β-unsaturated/α-hetero) is 1. The highest BCUT2D eigenvalue weighted by Gasteiger charge is 2.32. The first-order chi connectivity index (χ1) is 16.0. The van der Waals surface area contributed by atoms with Gasteiger partial charge in [-0.15, -0.1) is 5.10 Å². The largest absolute Gasteiger partial charge is 0.489 e. The Kier molecular flexibility index (Phi) is 7.18. The number of hydrogen-bond acceptors (Lipinski definition) is 6. The number of ketones is 1. The first-order valence-electron chi connectivity index (χ1n) is 11.3. The van der Waals surface area contributed by atoms with E-state index in [0.717, 1.165) is 46.3 Å². The number of carbonyl (C=O) groups excluding carboxylic acids is 1. The number of thioether (sulfide) groups is 1. The van der Waals surface area contributed by atoms with Gasteiger partial charge in [-0.05, 0) is 50.5 Å². The number of aromatic nitrogens is 3. The highest BCUT2D eigenvalue weighted by molar-refractivity contribution is 7.99. The van der Waals surface area contributed by atoms with Crippen molar-refractivity contribution in [2.24, 2.45) is 0 Å². The molecule has 6 nitrogen and oxygen atoms in total. The van der Waals surface area contributed by atoms with Crippen molar-refractivity contribution in [1.29, 1.82) is 0 Å². The van der Waals surface area contributed by atoms with Gasteiger partial charge in [0.05, 0.1) is 0 Å². The van der Waals surface area contributed by atoms with E-state index in [0.29, 0.717) is 18.1 Å². The molecule has 2 heterocycles. The Morgan fingerprint density at radius 1 is 1.18 bits per heavy atom. The molecule has 0 spiro atoms. The molecule has 0 saturated heterocycles. The van der Waals surface area contributed by atoms with Crippen LogP contribution in [-0.4, -0.2) is 26.3 Å². The topological polar surface area (TPSA) is 69.0 Å². The molecular weight excluding hydrogens is 432 g/mol. The fourth-order valence-electron chi connectivity index (χ4n) is 3.89. The highest BCUT2D eigenvalue weighted by atomic mass is 32.2. The quantitative estimate of drug-likeness (QED) is 0.314. The third-order valence-corrected chi connectivity index (χ3v) is 6.57. The van der Waals surface area contributed by atoms with Crippen LogP contribution in [0.25, 0.3) is 0 Å². The predicted octanol–water partition coefficient (Wildman–Crippen LogP) is 5.94. The molecule has 0 aliphatic carbocycles. The van der Waals surface area contributed by atoms with Gasteiger partial charge in [-0.2, -0.15) is 4.98 Å². The zero-order valence-electron chi connectivity index (χ0n) is 19.6. The van der Waals surface area contributed by atoms with Crippen LogP contribution in [0.3, 0.4) is 0 Å². The average Bonchev–Trinajstić information content (AvgIpc) is 3.20. The number of aryl methyl sites for hydroxylation is 1. The van der Waals surface area contributed by atoms with E-state index in [4.69, 9.17) is 9.84 Å². The number of fused-ring (bicyclic) bond motifs is 1. The number of unbranched alkanes of at least 4 members (excludes halogenated alkanes) is 1. The standard InChI is InChI=1S/C26H30N4O2S/c1-5-6-14-33-26-28-25-27-18(3)23(19(4)31)24(30(25)29-26)21-8-7-9-22(15-21)32-16-20-12-10-17(2)11-13-20/h7-13,15,24H,5-6,14,16H2,1-4H3,(H,27,28,29). The lowest BCUT2D eigenvalue weighted by Gasteiger charge is -2.28. The lowest BCUT2D eigenvalue weighted by atomic mass is 9.93. The summed E-state index contributed by atoms with van der Waals surface area (Å²) in [4.78, 5) is 17.3. The van der Waals surface area contributed by atoms with Crippen molar-refractivity contribution < 1.29 is 9.53 Å². The summed E-state index contributed by atoms with van der Waals surface area (Å²) in [5.41, 5.74) is 4.78. The van der Waals surface area contributed by atoms with Gasteiger partial charge >= 0.3 is 0 Å². The molecule has 4 rings (SSSR count). The maximum absolute atomic E-state index is 12.6. The summed E-state index contributed by atoms with van der Waals surface area (Å²) in [6, 6.07) is 15.9. The Hall–Kier alpha value is -3.06. The number of hydrogen-bond donors (Lipinski definition) is 1. The minimum Gasteiger partial charge on any atom is -0.489 e. The van der Waals surface area contributed by atoms with Crippen molar-refractivity contribution in [3.63, 3.8) is 0 Å². The SMILES string of the molecule is CCCCSc1nc2n(n1)C(c1cccc(OCc3ccc(C)cc3)c1)C(C(C)=O)=C(C)N2. The van der Waals surface area contributed by atoms with Gasteiger partial charge in [0.1, 0.15) is 18.4 Å². The number of allylic oxidation sites excluding steroid dienone is 2. The second-order valence-corrected chi connectivity index (χ2v) is 9.40. The molecule has 33 heavy (non-hydrogen) atoms.